The molecule has 69 heavy (non-hydrogen) atoms. The van der Waals surface area contributed by atoms with Crippen LogP contribution in [-0.4, -0.2) is 132 Å². The largest absolute Gasteiger partial charge is 0.452 e. The summed E-state index contributed by atoms with van der Waals surface area (Å²) in [6.45, 7) is 4.92. The number of imide groups is 1. The Morgan fingerprint density at radius 1 is 0.971 bits per heavy atom. The first-order valence-electron chi connectivity index (χ1n) is 22.3. The van der Waals surface area contributed by atoms with Crippen LogP contribution in [0, 0.1) is 23.0 Å². The van der Waals surface area contributed by atoms with E-state index >= 15 is 8.78 Å². The second-order valence-electron chi connectivity index (χ2n) is 16.9. The quantitative estimate of drug-likeness (QED) is 0.127. The van der Waals surface area contributed by atoms with Gasteiger partial charge in [-0.2, -0.15) is 18.0 Å². The normalized spacial score (nSPS) is 17.2. The molecule has 3 aliphatic rings. The molecule has 3 fully saturated rings. The van der Waals surface area contributed by atoms with Crippen molar-refractivity contribution < 1.29 is 41.1 Å². The number of fused-ring (bicyclic) bond motifs is 1. The molecule has 5 heterocycles. The lowest BCUT2D eigenvalue weighted by molar-refractivity contribution is -0.134. The number of benzene rings is 3. The van der Waals surface area contributed by atoms with Crippen LogP contribution in [0.2, 0.25) is 0 Å². The summed E-state index contributed by atoms with van der Waals surface area (Å²) in [6, 6.07) is 11.1. The number of halogens is 2. The standard InChI is InChI=1S/C46H50F2N12O8S/c1-4-56(2)69(65,66)55-36-8-7-34(47)43(32(36)22-49)68-39-11-9-37-42(33(39)26-67-3)45(64)60(27-52-37)30-23-50-46(51-24-30)59-19-17-58(18-20-59)41(62)25-57-15-13-28(14-16-57)31-6-5-29(21-35(31)48)53-38-10-12-40(61)54-44(38)63/h5-9,11,21,23-24,27-28,38,53,55H,4,10,12-20,25-26H2,1-3H3,(H,54,61,63)/t38-/m0/s1. The molecular formula is C46H50F2N12O8S. The van der Waals surface area contributed by atoms with Crippen molar-refractivity contribution in [3.63, 3.8) is 0 Å². The van der Waals surface area contributed by atoms with Crippen LogP contribution in [0.25, 0.3) is 16.6 Å². The van der Waals surface area contributed by atoms with Gasteiger partial charge >= 0.3 is 10.2 Å². The summed E-state index contributed by atoms with van der Waals surface area (Å²) in [6.07, 6.45) is 6.21. The third kappa shape index (κ3) is 10.5. The molecule has 3 N–H and O–H groups in total. The SMILES string of the molecule is CCN(C)S(=O)(=O)Nc1ccc(F)c(Oc2ccc3ncn(-c4cnc(N5CCN(C(=O)CN6CCC(c7ccc(N[C@H]8CCC(=O)NC8=O)cc7F)CC6)CC5)nc4)c(=O)c3c2COC)c1C#N. The fourth-order valence-corrected chi connectivity index (χ4v) is 9.55. The van der Waals surface area contributed by atoms with E-state index in [1.54, 1.807) is 24.0 Å². The Labute approximate surface area is 396 Å². The van der Waals surface area contributed by atoms with E-state index in [1.807, 2.05) is 11.0 Å². The second-order valence-corrected chi connectivity index (χ2v) is 18.6. The number of nitriles is 1. The molecule has 8 rings (SSSR count). The van der Waals surface area contributed by atoms with Crippen molar-refractivity contribution in [1.82, 2.24) is 38.9 Å². The minimum absolute atomic E-state index is 0.00365. The monoisotopic (exact) mass is 968 g/mol. The van der Waals surface area contributed by atoms with Gasteiger partial charge in [-0.3, -0.25) is 38.7 Å². The number of hydrogen-bond donors (Lipinski definition) is 3. The molecule has 2 aromatic heterocycles. The molecular weight excluding hydrogens is 919 g/mol. The number of carbonyl (C=O) groups excluding carboxylic acids is 3. The number of aromatic nitrogens is 4. The molecule has 3 aromatic carbocycles. The highest BCUT2D eigenvalue weighted by molar-refractivity contribution is 7.90. The Hall–Kier alpha value is -7.13. The molecule has 1 atom stereocenters. The summed E-state index contributed by atoms with van der Waals surface area (Å²) in [7, 11) is -1.34. The number of amides is 3. The van der Waals surface area contributed by atoms with Crippen molar-refractivity contribution in [2.24, 2.45) is 0 Å². The maximum Gasteiger partial charge on any atom is 0.301 e. The number of piperidine rings is 2. The van der Waals surface area contributed by atoms with Crippen LogP contribution in [-0.2, 0) is 35.9 Å². The maximum absolute atomic E-state index is 15.4. The zero-order valence-electron chi connectivity index (χ0n) is 38.1. The molecule has 23 heteroatoms. The highest BCUT2D eigenvalue weighted by atomic mass is 32.2. The van der Waals surface area contributed by atoms with E-state index in [1.165, 1.54) is 55.6 Å². The van der Waals surface area contributed by atoms with Gasteiger partial charge in [0.2, 0.25) is 23.7 Å². The predicted molar refractivity (Wildman–Crippen MR) is 249 cm³/mol. The van der Waals surface area contributed by atoms with Crippen molar-refractivity contribution in [2.75, 3.05) is 81.5 Å². The minimum atomic E-state index is -4.08. The molecule has 362 valence electrons. The van der Waals surface area contributed by atoms with Crippen molar-refractivity contribution in [3.8, 4) is 23.3 Å². The fourth-order valence-electron chi connectivity index (χ4n) is 8.60. The first-order valence-corrected chi connectivity index (χ1v) is 23.8. The first kappa shape index (κ1) is 48.3. The number of rotatable bonds is 15. The predicted octanol–water partition coefficient (Wildman–Crippen LogP) is 3.62. The van der Waals surface area contributed by atoms with Gasteiger partial charge in [-0.15, -0.1) is 0 Å². The van der Waals surface area contributed by atoms with Crippen LogP contribution < -0.4 is 30.6 Å². The van der Waals surface area contributed by atoms with E-state index in [2.05, 4.69) is 35.2 Å². The van der Waals surface area contributed by atoms with Gasteiger partial charge in [0.1, 0.15) is 35.6 Å². The molecule has 0 aliphatic carbocycles. The number of piperazine rings is 1. The fraction of sp³-hybridized carbons (Fsp3) is 0.391. The Balaban J connectivity index is 0.882. The van der Waals surface area contributed by atoms with Crippen LogP contribution in [0.3, 0.4) is 0 Å². The molecule has 5 aromatic rings. The average Bonchev–Trinajstić information content (AvgIpc) is 3.34. The second kappa shape index (κ2) is 20.6. The highest BCUT2D eigenvalue weighted by Crippen LogP contribution is 2.37. The van der Waals surface area contributed by atoms with E-state index in [0.717, 1.165) is 16.4 Å². The van der Waals surface area contributed by atoms with Gasteiger partial charge in [-0.1, -0.05) is 13.0 Å². The molecule has 3 amide bonds. The lowest BCUT2D eigenvalue weighted by Gasteiger charge is -2.37. The van der Waals surface area contributed by atoms with Crippen LogP contribution >= 0.6 is 0 Å². The van der Waals surface area contributed by atoms with E-state index < -0.39 is 44.8 Å². The molecule has 0 spiro atoms. The first-order chi connectivity index (χ1) is 33.2. The summed E-state index contributed by atoms with van der Waals surface area (Å²) in [5, 5.41) is 15.4. The highest BCUT2D eigenvalue weighted by Gasteiger charge is 2.30. The van der Waals surface area contributed by atoms with Crippen LogP contribution in [0.5, 0.6) is 11.5 Å². The third-order valence-electron chi connectivity index (χ3n) is 12.6. The van der Waals surface area contributed by atoms with E-state index in [4.69, 9.17) is 9.47 Å². The lowest BCUT2D eigenvalue weighted by atomic mass is 9.89. The molecule has 0 unspecified atom stereocenters. The van der Waals surface area contributed by atoms with Crippen molar-refractivity contribution in [2.45, 2.75) is 51.2 Å². The zero-order valence-corrected chi connectivity index (χ0v) is 38.9. The van der Waals surface area contributed by atoms with E-state index in [0.29, 0.717) is 81.4 Å². The van der Waals surface area contributed by atoms with Crippen LogP contribution in [0.15, 0.2) is 66.0 Å². The van der Waals surface area contributed by atoms with Gasteiger partial charge < -0.3 is 24.6 Å². The van der Waals surface area contributed by atoms with Gasteiger partial charge in [0.15, 0.2) is 11.6 Å². The van der Waals surface area contributed by atoms with Gasteiger partial charge in [0, 0.05) is 64.6 Å². The van der Waals surface area contributed by atoms with E-state index in [9.17, 15) is 32.9 Å². The molecule has 0 bridgehead atoms. The molecule has 0 saturated carbocycles. The third-order valence-corrected chi connectivity index (χ3v) is 14.2. The Bertz CT molecular complexity index is 2990. The van der Waals surface area contributed by atoms with E-state index in [-0.39, 0.29) is 77.6 Å². The minimum Gasteiger partial charge on any atom is -0.452 e. The number of nitrogens with zero attached hydrogens (tertiary/aromatic N) is 9. The number of methoxy groups -OCH3 is 1. The van der Waals surface area contributed by atoms with Gasteiger partial charge in [0.05, 0.1) is 47.8 Å². The summed E-state index contributed by atoms with van der Waals surface area (Å²) in [5.41, 5.74) is 0.658. The number of likely N-dealkylation sites (tertiary alicyclic amines) is 1. The molecule has 3 saturated heterocycles. The summed E-state index contributed by atoms with van der Waals surface area (Å²) in [5.74, 6) is -2.26. The van der Waals surface area contributed by atoms with Crippen LogP contribution in [0.4, 0.5) is 26.1 Å². The number of hydrogen-bond acceptors (Lipinski definition) is 15. The number of anilines is 3. The Kier molecular flexibility index (Phi) is 14.4. The number of carbonyl (C=O) groups is 3. The summed E-state index contributed by atoms with van der Waals surface area (Å²) < 4.78 is 72.1. The zero-order chi connectivity index (χ0) is 49.0. The Morgan fingerprint density at radius 3 is 2.38 bits per heavy atom. The van der Waals surface area contributed by atoms with Gasteiger partial charge in [-0.05, 0) is 80.2 Å². The lowest BCUT2D eigenvalue weighted by Crippen LogP contribution is -2.52. The van der Waals surface area contributed by atoms with Gasteiger partial charge in [0.25, 0.3) is 5.56 Å². The molecule has 3 aliphatic heterocycles. The summed E-state index contributed by atoms with van der Waals surface area (Å²) in [4.78, 5) is 70.6. The van der Waals surface area contributed by atoms with Crippen molar-refractivity contribution in [1.29, 1.82) is 5.26 Å². The Morgan fingerprint density at radius 2 is 1.71 bits per heavy atom. The van der Waals surface area contributed by atoms with Gasteiger partial charge in [-0.25, -0.2) is 23.7 Å². The molecule has 0 radical (unpaired) electrons. The van der Waals surface area contributed by atoms with Crippen molar-refractivity contribution >= 4 is 56.2 Å². The topological polar surface area (TPSA) is 237 Å². The molecule has 20 nitrogen and oxygen atoms in total. The number of nitrogens with one attached hydrogen (secondary N) is 3. The smallest absolute Gasteiger partial charge is 0.301 e. The summed E-state index contributed by atoms with van der Waals surface area (Å²) >= 11 is 0. The van der Waals surface area contributed by atoms with Crippen LogP contribution in [0.1, 0.15) is 55.2 Å². The maximum atomic E-state index is 15.4. The number of ether oxygens (including phenoxy) is 2. The average molecular weight is 969 g/mol. The van der Waals surface area contributed by atoms with Crippen molar-refractivity contribution in [3.05, 3.63) is 99.9 Å².